The number of methoxy groups -OCH3 is 3. The fraction of sp³-hybridized carbons (Fsp3) is 0.182. The molecule has 0 aliphatic rings. The topological polar surface area (TPSA) is 96.2 Å². The van der Waals surface area contributed by atoms with Crippen LogP contribution >= 0.6 is 0 Å². The highest BCUT2D eigenvalue weighted by Gasteiger charge is 2.21. The van der Waals surface area contributed by atoms with Crippen molar-refractivity contribution in [3.63, 3.8) is 0 Å². The lowest BCUT2D eigenvalue weighted by atomic mass is 10.1. The molecule has 0 fully saturated rings. The molecule has 0 atom stereocenters. The number of ether oxygens (including phenoxy) is 4. The van der Waals surface area contributed by atoms with Gasteiger partial charge in [0.2, 0.25) is 0 Å². The normalized spacial score (nSPS) is 10.3. The van der Waals surface area contributed by atoms with Crippen molar-refractivity contribution in [2.45, 2.75) is 6.61 Å². The SMILES string of the molecule is COC(=O)c1cc(OC)c(OC)cc1NC(=O)c1ccc(COc2ccc(F)cc2)o1. The van der Waals surface area contributed by atoms with Gasteiger partial charge in [-0.15, -0.1) is 0 Å². The van der Waals surface area contributed by atoms with Gasteiger partial charge in [-0.1, -0.05) is 0 Å². The van der Waals surface area contributed by atoms with Crippen molar-refractivity contribution in [1.29, 1.82) is 0 Å². The summed E-state index contributed by atoms with van der Waals surface area (Å²) in [6, 6.07) is 11.4. The Labute approximate surface area is 177 Å². The maximum atomic E-state index is 12.9. The third-order valence-electron chi connectivity index (χ3n) is 4.26. The van der Waals surface area contributed by atoms with E-state index in [1.165, 1.54) is 63.8 Å². The molecule has 31 heavy (non-hydrogen) atoms. The van der Waals surface area contributed by atoms with E-state index < -0.39 is 11.9 Å². The Bertz CT molecular complexity index is 1080. The van der Waals surface area contributed by atoms with Crippen LogP contribution in [0.25, 0.3) is 0 Å². The van der Waals surface area contributed by atoms with Crippen molar-refractivity contribution < 1.29 is 37.3 Å². The molecule has 0 radical (unpaired) electrons. The number of benzene rings is 2. The van der Waals surface area contributed by atoms with Gasteiger partial charge >= 0.3 is 5.97 Å². The Kier molecular flexibility index (Phi) is 6.76. The zero-order chi connectivity index (χ0) is 22.4. The summed E-state index contributed by atoms with van der Waals surface area (Å²) in [6.07, 6.45) is 0. The minimum atomic E-state index is -0.663. The highest BCUT2D eigenvalue weighted by molar-refractivity contribution is 6.07. The number of nitrogens with one attached hydrogen (secondary N) is 1. The molecule has 3 rings (SSSR count). The molecule has 9 heteroatoms. The number of amides is 1. The third kappa shape index (κ3) is 5.13. The predicted molar refractivity (Wildman–Crippen MR) is 108 cm³/mol. The highest BCUT2D eigenvalue weighted by atomic mass is 19.1. The van der Waals surface area contributed by atoms with Crippen LogP contribution in [0.4, 0.5) is 10.1 Å². The van der Waals surface area contributed by atoms with Crippen LogP contribution in [0, 0.1) is 5.82 Å². The lowest BCUT2D eigenvalue weighted by Crippen LogP contribution is -2.15. The van der Waals surface area contributed by atoms with Gasteiger partial charge in [0.25, 0.3) is 5.91 Å². The van der Waals surface area contributed by atoms with Crippen LogP contribution in [0.15, 0.2) is 52.9 Å². The van der Waals surface area contributed by atoms with Gasteiger partial charge in [-0.25, -0.2) is 9.18 Å². The first kappa shape index (κ1) is 21.7. The van der Waals surface area contributed by atoms with E-state index in [0.717, 1.165) is 0 Å². The second-order valence-corrected chi connectivity index (χ2v) is 6.21. The number of halogens is 1. The average molecular weight is 429 g/mol. The molecular weight excluding hydrogens is 409 g/mol. The molecule has 0 saturated carbocycles. The second kappa shape index (κ2) is 9.66. The monoisotopic (exact) mass is 429 g/mol. The van der Waals surface area contributed by atoms with Crippen LogP contribution < -0.4 is 19.5 Å². The summed E-state index contributed by atoms with van der Waals surface area (Å²) in [5.74, 6) is -0.159. The minimum absolute atomic E-state index is 0.00306. The van der Waals surface area contributed by atoms with Gasteiger partial charge in [-0.05, 0) is 36.4 Å². The van der Waals surface area contributed by atoms with Crippen LogP contribution in [0.5, 0.6) is 17.2 Å². The summed E-state index contributed by atoms with van der Waals surface area (Å²) in [6.45, 7) is 0.0443. The van der Waals surface area contributed by atoms with E-state index >= 15 is 0 Å². The lowest BCUT2D eigenvalue weighted by molar-refractivity contribution is 0.0601. The number of carbonyl (C=O) groups is 2. The van der Waals surface area contributed by atoms with Crippen molar-refractivity contribution in [2.24, 2.45) is 0 Å². The number of hydrogen-bond acceptors (Lipinski definition) is 7. The van der Waals surface area contributed by atoms with Crippen LogP contribution in [0.3, 0.4) is 0 Å². The highest BCUT2D eigenvalue weighted by Crippen LogP contribution is 2.34. The molecule has 1 aromatic heterocycles. The lowest BCUT2D eigenvalue weighted by Gasteiger charge is -2.14. The van der Waals surface area contributed by atoms with Crippen LogP contribution in [0.2, 0.25) is 0 Å². The van der Waals surface area contributed by atoms with Gasteiger partial charge in [0.05, 0.1) is 32.6 Å². The summed E-state index contributed by atoms with van der Waals surface area (Å²) < 4.78 is 39.1. The number of rotatable bonds is 8. The summed E-state index contributed by atoms with van der Waals surface area (Å²) in [7, 11) is 4.08. The van der Waals surface area contributed by atoms with E-state index in [4.69, 9.17) is 23.4 Å². The maximum absolute atomic E-state index is 12.9. The van der Waals surface area contributed by atoms with Gasteiger partial charge in [0, 0.05) is 12.1 Å². The quantitative estimate of drug-likeness (QED) is 0.540. The van der Waals surface area contributed by atoms with Gasteiger partial charge in [0.15, 0.2) is 17.3 Å². The maximum Gasteiger partial charge on any atom is 0.340 e. The summed E-state index contributed by atoms with van der Waals surface area (Å²) in [5, 5.41) is 2.61. The summed E-state index contributed by atoms with van der Waals surface area (Å²) in [4.78, 5) is 24.8. The summed E-state index contributed by atoms with van der Waals surface area (Å²) in [5.41, 5.74) is 0.245. The Morgan fingerprint density at radius 3 is 2.29 bits per heavy atom. The van der Waals surface area contributed by atoms with Gasteiger partial charge in [0.1, 0.15) is 23.9 Å². The van der Waals surface area contributed by atoms with Crippen molar-refractivity contribution in [3.05, 3.63) is 71.4 Å². The average Bonchev–Trinajstić information content (AvgIpc) is 3.27. The fourth-order valence-corrected chi connectivity index (χ4v) is 2.71. The molecule has 0 spiro atoms. The van der Waals surface area contributed by atoms with Gasteiger partial charge in [-0.2, -0.15) is 0 Å². The first-order chi connectivity index (χ1) is 14.9. The zero-order valence-corrected chi connectivity index (χ0v) is 17.1. The first-order valence-corrected chi connectivity index (χ1v) is 9.08. The first-order valence-electron chi connectivity index (χ1n) is 9.08. The smallest absolute Gasteiger partial charge is 0.340 e. The number of furan rings is 1. The number of esters is 1. The molecule has 1 N–H and O–H groups in total. The second-order valence-electron chi connectivity index (χ2n) is 6.21. The molecule has 1 heterocycles. The Morgan fingerprint density at radius 1 is 0.968 bits per heavy atom. The van der Waals surface area contributed by atoms with Crippen LogP contribution in [-0.4, -0.2) is 33.2 Å². The van der Waals surface area contributed by atoms with E-state index in [1.807, 2.05) is 0 Å². The van der Waals surface area contributed by atoms with E-state index in [2.05, 4.69) is 5.32 Å². The molecule has 3 aromatic rings. The minimum Gasteiger partial charge on any atom is -0.493 e. The van der Waals surface area contributed by atoms with E-state index in [-0.39, 0.29) is 29.4 Å². The zero-order valence-electron chi connectivity index (χ0n) is 17.1. The summed E-state index contributed by atoms with van der Waals surface area (Å²) >= 11 is 0. The van der Waals surface area contributed by atoms with E-state index in [0.29, 0.717) is 23.0 Å². The van der Waals surface area contributed by atoms with Crippen molar-refractivity contribution in [3.8, 4) is 17.2 Å². The predicted octanol–water partition coefficient (Wildman–Crippen LogP) is 4.05. The molecular formula is C22H20FNO7. The standard InChI is InChI=1S/C22H20FNO7/c1-27-19-10-16(22(26)29-3)17(11-20(19)28-2)24-21(25)18-9-8-15(31-18)12-30-14-6-4-13(23)5-7-14/h4-11H,12H2,1-3H3,(H,24,25). The number of carbonyl (C=O) groups excluding carboxylic acids is 2. The Balaban J connectivity index is 1.75. The van der Waals surface area contributed by atoms with Crippen molar-refractivity contribution >= 4 is 17.6 Å². The van der Waals surface area contributed by atoms with Crippen LogP contribution in [0.1, 0.15) is 26.7 Å². The largest absolute Gasteiger partial charge is 0.493 e. The molecule has 1 amide bonds. The molecule has 162 valence electrons. The van der Waals surface area contributed by atoms with Gasteiger partial charge in [-0.3, -0.25) is 4.79 Å². The molecule has 0 aliphatic carbocycles. The van der Waals surface area contributed by atoms with Crippen molar-refractivity contribution in [2.75, 3.05) is 26.6 Å². The van der Waals surface area contributed by atoms with Crippen LogP contribution in [-0.2, 0) is 11.3 Å². The number of anilines is 1. The third-order valence-corrected chi connectivity index (χ3v) is 4.26. The number of hydrogen-bond donors (Lipinski definition) is 1. The van der Waals surface area contributed by atoms with Crippen molar-refractivity contribution in [1.82, 2.24) is 0 Å². The Morgan fingerprint density at radius 2 is 1.65 bits per heavy atom. The Hall–Kier alpha value is -4.01. The molecule has 2 aromatic carbocycles. The van der Waals surface area contributed by atoms with E-state index in [9.17, 15) is 14.0 Å². The molecule has 0 saturated heterocycles. The fourth-order valence-electron chi connectivity index (χ4n) is 2.71. The molecule has 8 nitrogen and oxygen atoms in total. The molecule has 0 bridgehead atoms. The van der Waals surface area contributed by atoms with E-state index in [1.54, 1.807) is 6.07 Å². The molecule has 0 unspecified atom stereocenters. The van der Waals surface area contributed by atoms with Gasteiger partial charge < -0.3 is 28.7 Å². The molecule has 0 aliphatic heterocycles.